The molecule has 2 aliphatic rings. The number of para-hydroxylation sites is 1. The molecule has 2 aliphatic heterocycles. The van der Waals surface area contributed by atoms with Crippen molar-refractivity contribution in [2.75, 3.05) is 26.3 Å². The minimum Gasteiger partial charge on any atom is -0.486 e. The molecule has 6 heteroatoms. The Balaban J connectivity index is 1.57. The van der Waals surface area contributed by atoms with E-state index in [1.54, 1.807) is 0 Å². The van der Waals surface area contributed by atoms with Crippen LogP contribution in [0.1, 0.15) is 42.0 Å². The molecule has 1 atom stereocenters. The van der Waals surface area contributed by atoms with E-state index in [1.165, 1.54) is 0 Å². The first kappa shape index (κ1) is 16.0. The summed E-state index contributed by atoms with van der Waals surface area (Å²) in [4.78, 5) is 19.5. The number of aromatic nitrogens is 2. The number of imidazole rings is 1. The van der Waals surface area contributed by atoms with Gasteiger partial charge in [-0.2, -0.15) is 0 Å². The van der Waals surface area contributed by atoms with Crippen molar-refractivity contribution < 1.29 is 14.3 Å². The Hall–Kier alpha value is -2.50. The zero-order valence-corrected chi connectivity index (χ0v) is 14.5. The molecule has 3 heterocycles. The van der Waals surface area contributed by atoms with Crippen LogP contribution in [-0.2, 0) is 6.42 Å². The van der Waals surface area contributed by atoms with E-state index in [-0.39, 0.29) is 11.9 Å². The van der Waals surface area contributed by atoms with E-state index in [9.17, 15) is 4.79 Å². The summed E-state index contributed by atoms with van der Waals surface area (Å²) < 4.78 is 13.5. The van der Waals surface area contributed by atoms with Gasteiger partial charge in [0.2, 0.25) is 0 Å². The van der Waals surface area contributed by atoms with Crippen molar-refractivity contribution in [2.45, 2.75) is 32.2 Å². The second-order valence-electron chi connectivity index (χ2n) is 6.48. The fraction of sp³-hybridized carbons (Fsp3) is 0.474. The van der Waals surface area contributed by atoms with Crippen molar-refractivity contribution >= 4 is 5.91 Å². The van der Waals surface area contributed by atoms with E-state index in [0.29, 0.717) is 36.8 Å². The number of hydrogen-bond acceptors (Lipinski definition) is 4. The SMILES string of the molecule is CCc1nccn1[C@@H]1CCCN(C(=O)c2cccc3c2OCCO3)C1. The fourth-order valence-corrected chi connectivity index (χ4v) is 3.73. The van der Waals surface area contributed by atoms with Gasteiger partial charge in [-0.3, -0.25) is 4.79 Å². The molecule has 0 radical (unpaired) electrons. The van der Waals surface area contributed by atoms with E-state index in [1.807, 2.05) is 35.5 Å². The Morgan fingerprint density at radius 1 is 1.32 bits per heavy atom. The molecule has 0 bridgehead atoms. The summed E-state index contributed by atoms with van der Waals surface area (Å²) in [6, 6.07) is 5.82. The number of aryl methyl sites for hydroxylation is 1. The second-order valence-corrected chi connectivity index (χ2v) is 6.48. The summed E-state index contributed by atoms with van der Waals surface area (Å²) in [5.41, 5.74) is 0.596. The lowest BCUT2D eigenvalue weighted by Gasteiger charge is -2.34. The van der Waals surface area contributed by atoms with Crippen molar-refractivity contribution in [3.63, 3.8) is 0 Å². The van der Waals surface area contributed by atoms with Crippen LogP contribution < -0.4 is 9.47 Å². The van der Waals surface area contributed by atoms with E-state index < -0.39 is 0 Å². The third kappa shape index (κ3) is 2.97. The highest BCUT2D eigenvalue weighted by Gasteiger charge is 2.29. The first-order valence-electron chi connectivity index (χ1n) is 8.97. The Bertz CT molecular complexity index is 771. The zero-order chi connectivity index (χ0) is 17.2. The number of ether oxygens (including phenoxy) is 2. The molecular weight excluding hydrogens is 318 g/mol. The number of piperidine rings is 1. The Labute approximate surface area is 147 Å². The quantitative estimate of drug-likeness (QED) is 0.861. The Morgan fingerprint density at radius 2 is 2.20 bits per heavy atom. The lowest BCUT2D eigenvalue weighted by molar-refractivity contribution is 0.0668. The van der Waals surface area contributed by atoms with Crippen LogP contribution in [-0.4, -0.2) is 46.7 Å². The molecule has 0 aliphatic carbocycles. The summed E-state index contributed by atoms with van der Waals surface area (Å²) >= 11 is 0. The van der Waals surface area contributed by atoms with Crippen molar-refractivity contribution in [1.29, 1.82) is 0 Å². The lowest BCUT2D eigenvalue weighted by atomic mass is 10.0. The van der Waals surface area contributed by atoms with Gasteiger partial charge in [0.05, 0.1) is 11.6 Å². The number of rotatable bonds is 3. The zero-order valence-electron chi connectivity index (χ0n) is 14.5. The van der Waals surface area contributed by atoms with Gasteiger partial charge >= 0.3 is 0 Å². The number of amides is 1. The van der Waals surface area contributed by atoms with Gasteiger partial charge in [-0.05, 0) is 25.0 Å². The van der Waals surface area contributed by atoms with Crippen LogP contribution in [0.4, 0.5) is 0 Å². The average molecular weight is 341 g/mol. The molecule has 25 heavy (non-hydrogen) atoms. The van der Waals surface area contributed by atoms with Crippen molar-refractivity contribution in [2.24, 2.45) is 0 Å². The van der Waals surface area contributed by atoms with Gasteiger partial charge in [0.15, 0.2) is 11.5 Å². The minimum absolute atomic E-state index is 0.0187. The number of likely N-dealkylation sites (tertiary alicyclic amines) is 1. The molecule has 1 aromatic heterocycles. The number of nitrogens with zero attached hydrogens (tertiary/aromatic N) is 3. The highest BCUT2D eigenvalue weighted by atomic mass is 16.6. The van der Waals surface area contributed by atoms with Crippen molar-refractivity contribution in [3.8, 4) is 11.5 Å². The number of hydrogen-bond donors (Lipinski definition) is 0. The summed E-state index contributed by atoms with van der Waals surface area (Å²) in [5.74, 6) is 2.34. The molecular formula is C19H23N3O3. The van der Waals surface area contributed by atoms with Gasteiger partial charge in [-0.15, -0.1) is 0 Å². The van der Waals surface area contributed by atoms with Crippen LogP contribution in [0.5, 0.6) is 11.5 Å². The van der Waals surface area contributed by atoms with Gasteiger partial charge in [-0.1, -0.05) is 13.0 Å². The van der Waals surface area contributed by atoms with Crippen molar-refractivity contribution in [3.05, 3.63) is 42.0 Å². The molecule has 1 saturated heterocycles. The van der Waals surface area contributed by atoms with Crippen molar-refractivity contribution in [1.82, 2.24) is 14.5 Å². The summed E-state index contributed by atoms with van der Waals surface area (Å²) in [6.07, 6.45) is 6.83. The van der Waals surface area contributed by atoms with Crippen LogP contribution in [0, 0.1) is 0 Å². The second kappa shape index (κ2) is 6.78. The van der Waals surface area contributed by atoms with Crippen LogP contribution in [0.3, 0.4) is 0 Å². The maximum absolute atomic E-state index is 13.1. The van der Waals surface area contributed by atoms with E-state index in [0.717, 1.165) is 31.6 Å². The first-order chi connectivity index (χ1) is 12.3. The van der Waals surface area contributed by atoms with E-state index >= 15 is 0 Å². The van der Waals surface area contributed by atoms with E-state index in [2.05, 4.69) is 16.5 Å². The lowest BCUT2D eigenvalue weighted by Crippen LogP contribution is -2.41. The molecule has 0 saturated carbocycles. The normalized spacial score (nSPS) is 19.7. The minimum atomic E-state index is 0.0187. The highest BCUT2D eigenvalue weighted by molar-refractivity contribution is 5.98. The third-order valence-electron chi connectivity index (χ3n) is 4.94. The molecule has 0 unspecified atom stereocenters. The van der Waals surface area contributed by atoms with Crippen LogP contribution in [0.15, 0.2) is 30.6 Å². The summed E-state index contributed by atoms with van der Waals surface area (Å²) in [5, 5.41) is 0. The molecule has 132 valence electrons. The van der Waals surface area contributed by atoms with Gasteiger partial charge in [0.1, 0.15) is 19.0 Å². The predicted octanol–water partition coefficient (Wildman–Crippen LogP) is 2.69. The first-order valence-corrected chi connectivity index (χ1v) is 8.97. The molecule has 1 fully saturated rings. The number of carbonyl (C=O) groups is 1. The molecule has 0 spiro atoms. The highest BCUT2D eigenvalue weighted by Crippen LogP contribution is 2.35. The summed E-state index contributed by atoms with van der Waals surface area (Å²) in [7, 11) is 0. The largest absolute Gasteiger partial charge is 0.486 e. The standard InChI is InChI=1S/C19H23N3O3/c1-2-17-20-8-10-22(17)14-5-4-9-21(13-14)19(23)15-6-3-7-16-18(15)25-12-11-24-16/h3,6-8,10,14H,2,4-5,9,11-13H2,1H3/t14-/m1/s1. The molecule has 1 aromatic carbocycles. The van der Waals surface area contributed by atoms with Gasteiger partial charge in [0.25, 0.3) is 5.91 Å². The van der Waals surface area contributed by atoms with Crippen LogP contribution in [0.25, 0.3) is 0 Å². The average Bonchev–Trinajstić information content (AvgIpc) is 3.16. The Kier molecular flexibility index (Phi) is 4.34. The van der Waals surface area contributed by atoms with Gasteiger partial charge in [-0.25, -0.2) is 4.98 Å². The number of carbonyl (C=O) groups excluding carboxylic acids is 1. The van der Waals surface area contributed by atoms with Gasteiger partial charge in [0, 0.05) is 31.9 Å². The molecule has 1 amide bonds. The smallest absolute Gasteiger partial charge is 0.257 e. The number of fused-ring (bicyclic) bond motifs is 1. The monoisotopic (exact) mass is 341 g/mol. The maximum atomic E-state index is 13.1. The van der Waals surface area contributed by atoms with Crippen LogP contribution in [0.2, 0.25) is 0 Å². The molecule has 6 nitrogen and oxygen atoms in total. The predicted molar refractivity (Wildman–Crippen MR) is 93.2 cm³/mol. The Morgan fingerprint density at radius 3 is 3.08 bits per heavy atom. The molecule has 4 rings (SSSR count). The third-order valence-corrected chi connectivity index (χ3v) is 4.94. The van der Waals surface area contributed by atoms with E-state index in [4.69, 9.17) is 9.47 Å². The van der Waals surface area contributed by atoms with Crippen LogP contribution >= 0.6 is 0 Å². The molecule has 0 N–H and O–H groups in total. The van der Waals surface area contributed by atoms with Gasteiger partial charge < -0.3 is 18.9 Å². The number of benzene rings is 1. The fourth-order valence-electron chi connectivity index (χ4n) is 3.73. The summed E-state index contributed by atoms with van der Waals surface area (Å²) in [6.45, 7) is 4.59. The maximum Gasteiger partial charge on any atom is 0.257 e. The topological polar surface area (TPSA) is 56.6 Å². The molecule has 2 aromatic rings.